The van der Waals surface area contributed by atoms with Gasteiger partial charge in [0.05, 0.1) is 12.3 Å². The van der Waals surface area contributed by atoms with E-state index in [-0.39, 0.29) is 0 Å². The van der Waals surface area contributed by atoms with E-state index >= 15 is 0 Å². The number of pyridine rings is 1. The second-order valence-electron chi connectivity index (χ2n) is 10.3. The zero-order valence-electron chi connectivity index (χ0n) is 21.4. The van der Waals surface area contributed by atoms with Gasteiger partial charge in [0.15, 0.2) is 0 Å². The monoisotopic (exact) mass is 449 g/mol. The molecule has 2 aromatic rings. The fourth-order valence-electron chi connectivity index (χ4n) is 5.25. The molecule has 0 aliphatic heterocycles. The van der Waals surface area contributed by atoms with Crippen LogP contribution < -0.4 is 4.74 Å². The van der Waals surface area contributed by atoms with Gasteiger partial charge in [0.25, 0.3) is 0 Å². The number of hydrogen-bond acceptors (Lipinski definition) is 2. The van der Waals surface area contributed by atoms with Crippen molar-refractivity contribution in [2.24, 2.45) is 11.8 Å². The van der Waals surface area contributed by atoms with Crippen molar-refractivity contribution in [1.82, 2.24) is 4.98 Å². The molecule has 0 N–H and O–H groups in total. The Bertz CT molecular complexity index is 743. The molecule has 2 heteroatoms. The number of nitrogens with zero attached hydrogens (tertiary/aromatic N) is 1. The lowest BCUT2D eigenvalue weighted by Crippen LogP contribution is -2.15. The van der Waals surface area contributed by atoms with E-state index < -0.39 is 0 Å². The highest BCUT2D eigenvalue weighted by molar-refractivity contribution is 5.60. The Kier molecular flexibility index (Phi) is 11.8. The zero-order valence-corrected chi connectivity index (χ0v) is 21.4. The number of aryl methyl sites for hydroxylation is 1. The summed E-state index contributed by atoms with van der Waals surface area (Å²) in [5.41, 5.74) is 3.53. The molecule has 0 radical (unpaired) electrons. The Hall–Kier alpha value is -1.83. The minimum absolute atomic E-state index is 0.834. The van der Waals surface area contributed by atoms with Crippen molar-refractivity contribution in [1.29, 1.82) is 0 Å². The minimum Gasteiger partial charge on any atom is -0.494 e. The third kappa shape index (κ3) is 9.51. The number of benzene rings is 1. The van der Waals surface area contributed by atoms with Gasteiger partial charge in [0.1, 0.15) is 5.75 Å². The highest BCUT2D eigenvalue weighted by Gasteiger charge is 2.20. The Morgan fingerprint density at radius 2 is 1.39 bits per heavy atom. The van der Waals surface area contributed by atoms with E-state index in [1.807, 2.05) is 6.20 Å². The minimum atomic E-state index is 0.834. The van der Waals surface area contributed by atoms with Gasteiger partial charge in [-0.1, -0.05) is 90.5 Å². The second kappa shape index (κ2) is 15.1. The van der Waals surface area contributed by atoms with Crippen LogP contribution in [0.4, 0.5) is 0 Å². The third-order valence-electron chi connectivity index (χ3n) is 7.50. The maximum absolute atomic E-state index is 6.04. The molecule has 1 aromatic carbocycles. The molecular formula is C31H47NO. The molecule has 1 fully saturated rings. The summed E-state index contributed by atoms with van der Waals surface area (Å²) in [6.45, 7) is 5.36. The molecule has 33 heavy (non-hydrogen) atoms. The van der Waals surface area contributed by atoms with E-state index in [0.717, 1.165) is 41.9 Å². The van der Waals surface area contributed by atoms with E-state index in [2.05, 4.69) is 55.2 Å². The predicted molar refractivity (Wildman–Crippen MR) is 142 cm³/mol. The molecule has 1 saturated carbocycles. The van der Waals surface area contributed by atoms with Gasteiger partial charge in [-0.25, -0.2) is 0 Å². The smallest absolute Gasteiger partial charge is 0.119 e. The molecule has 1 heterocycles. The van der Waals surface area contributed by atoms with Crippen LogP contribution in [-0.2, 0) is 6.42 Å². The van der Waals surface area contributed by atoms with Crippen LogP contribution in [0.5, 0.6) is 5.75 Å². The maximum atomic E-state index is 6.04. The topological polar surface area (TPSA) is 22.1 Å². The average Bonchev–Trinajstić information content (AvgIpc) is 2.87. The van der Waals surface area contributed by atoms with Crippen LogP contribution in [0, 0.1) is 11.8 Å². The second-order valence-corrected chi connectivity index (χ2v) is 10.3. The quantitative estimate of drug-likeness (QED) is 0.253. The number of hydrogen-bond donors (Lipinski definition) is 0. The van der Waals surface area contributed by atoms with Crippen molar-refractivity contribution < 1.29 is 4.74 Å². The fraction of sp³-hybridized carbons (Fsp3) is 0.645. The first-order chi connectivity index (χ1) is 16.3. The summed E-state index contributed by atoms with van der Waals surface area (Å²) in [4.78, 5) is 4.65. The lowest BCUT2D eigenvalue weighted by molar-refractivity contribution is 0.228. The Morgan fingerprint density at radius 3 is 2.03 bits per heavy atom. The van der Waals surface area contributed by atoms with Crippen molar-refractivity contribution in [3.63, 3.8) is 0 Å². The van der Waals surface area contributed by atoms with Crippen LogP contribution in [-0.4, -0.2) is 11.6 Å². The summed E-state index contributed by atoms with van der Waals surface area (Å²) in [7, 11) is 0. The van der Waals surface area contributed by atoms with Crippen LogP contribution >= 0.6 is 0 Å². The molecule has 1 aromatic heterocycles. The van der Waals surface area contributed by atoms with E-state index in [9.17, 15) is 0 Å². The largest absolute Gasteiger partial charge is 0.494 e. The molecule has 3 rings (SSSR count). The molecule has 0 amide bonds. The van der Waals surface area contributed by atoms with Gasteiger partial charge in [0.2, 0.25) is 0 Å². The van der Waals surface area contributed by atoms with Gasteiger partial charge < -0.3 is 4.74 Å². The Labute approximate surface area is 203 Å². The first-order valence-electron chi connectivity index (χ1n) is 14.0. The molecule has 0 bridgehead atoms. The highest BCUT2D eigenvalue weighted by atomic mass is 16.5. The molecule has 1 aliphatic rings. The number of ether oxygens (including phenoxy) is 1. The number of aromatic nitrogens is 1. The summed E-state index contributed by atoms with van der Waals surface area (Å²) >= 11 is 0. The average molecular weight is 450 g/mol. The van der Waals surface area contributed by atoms with Crippen molar-refractivity contribution in [3.8, 4) is 17.0 Å². The first kappa shape index (κ1) is 25.8. The van der Waals surface area contributed by atoms with E-state index in [1.54, 1.807) is 0 Å². The standard InChI is InChI=1S/C31H47NO/c1-3-5-7-8-9-12-26-14-16-27(17-15-26)13-10-24-33-30-21-19-29(20-22-30)31-23-18-28(25-32-31)11-6-4-2/h18-23,25-27H,3-17,24H2,1-2H3/t26-,27-. The first-order valence-corrected chi connectivity index (χ1v) is 14.0. The van der Waals surface area contributed by atoms with Gasteiger partial charge in [0, 0.05) is 11.8 Å². The predicted octanol–water partition coefficient (Wildman–Crippen LogP) is 9.42. The van der Waals surface area contributed by atoms with E-state index in [0.29, 0.717) is 0 Å². The SMILES string of the molecule is CCCCCCC[C@H]1CC[C@H](CCCOc2ccc(-c3ccc(CCCC)cn3)cc2)CC1. The van der Waals surface area contributed by atoms with Crippen LogP contribution in [0.1, 0.15) is 109 Å². The van der Waals surface area contributed by atoms with E-state index in [4.69, 9.17) is 4.74 Å². The van der Waals surface area contributed by atoms with Crippen LogP contribution in [0.3, 0.4) is 0 Å². The zero-order chi connectivity index (χ0) is 23.1. The molecule has 2 nitrogen and oxygen atoms in total. The van der Waals surface area contributed by atoms with Crippen LogP contribution in [0.25, 0.3) is 11.3 Å². The van der Waals surface area contributed by atoms with Gasteiger partial charge in [-0.3, -0.25) is 4.98 Å². The van der Waals surface area contributed by atoms with E-state index in [1.165, 1.54) is 95.5 Å². The van der Waals surface area contributed by atoms with Crippen molar-refractivity contribution in [3.05, 3.63) is 48.2 Å². The summed E-state index contributed by atoms with van der Waals surface area (Å²) in [5, 5.41) is 0. The van der Waals surface area contributed by atoms with Gasteiger partial charge >= 0.3 is 0 Å². The molecule has 1 aliphatic carbocycles. The molecule has 0 spiro atoms. The Morgan fingerprint density at radius 1 is 0.727 bits per heavy atom. The van der Waals surface area contributed by atoms with Crippen molar-refractivity contribution >= 4 is 0 Å². The molecule has 0 atom stereocenters. The van der Waals surface area contributed by atoms with Crippen molar-refractivity contribution in [2.75, 3.05) is 6.61 Å². The lowest BCUT2D eigenvalue weighted by atomic mass is 9.78. The summed E-state index contributed by atoms with van der Waals surface area (Å²) in [6, 6.07) is 12.8. The van der Waals surface area contributed by atoms with Crippen LogP contribution in [0.2, 0.25) is 0 Å². The summed E-state index contributed by atoms with van der Waals surface area (Å²) < 4.78 is 6.04. The summed E-state index contributed by atoms with van der Waals surface area (Å²) in [5.74, 6) is 2.92. The van der Waals surface area contributed by atoms with Crippen LogP contribution in [0.15, 0.2) is 42.6 Å². The lowest BCUT2D eigenvalue weighted by Gasteiger charge is -2.28. The molecule has 0 unspecified atom stereocenters. The number of rotatable bonds is 15. The van der Waals surface area contributed by atoms with Crippen molar-refractivity contribution in [2.45, 2.75) is 110 Å². The third-order valence-corrected chi connectivity index (χ3v) is 7.50. The molecular weight excluding hydrogens is 402 g/mol. The summed E-state index contributed by atoms with van der Waals surface area (Å²) in [6.07, 6.45) is 22.5. The molecule has 0 saturated heterocycles. The van der Waals surface area contributed by atoms with Gasteiger partial charge in [-0.2, -0.15) is 0 Å². The van der Waals surface area contributed by atoms with Gasteiger partial charge in [-0.15, -0.1) is 0 Å². The fourth-order valence-corrected chi connectivity index (χ4v) is 5.25. The Balaban J connectivity index is 1.28. The normalized spacial score (nSPS) is 18.4. The number of unbranched alkanes of at least 4 members (excludes halogenated alkanes) is 5. The molecule has 182 valence electrons. The highest BCUT2D eigenvalue weighted by Crippen LogP contribution is 2.34. The van der Waals surface area contributed by atoms with Gasteiger partial charge in [-0.05, 0) is 73.4 Å². The maximum Gasteiger partial charge on any atom is 0.119 e.